The van der Waals surface area contributed by atoms with E-state index in [1.54, 1.807) is 10.8 Å². The highest BCUT2D eigenvalue weighted by Crippen LogP contribution is 2.42. The number of hydrogen-bond donors (Lipinski definition) is 0. The molecule has 0 amide bonds. The first-order valence-corrected chi connectivity index (χ1v) is 14.2. The Morgan fingerprint density at radius 1 is 0.515 bits per heavy atom. The van der Waals surface area contributed by atoms with Gasteiger partial charge in [0.05, 0.1) is 0 Å². The average molecular weight is 449 g/mol. The molecule has 2 saturated carbocycles. The number of hydrogen-bond acceptors (Lipinski definition) is 0. The van der Waals surface area contributed by atoms with Crippen molar-refractivity contribution in [3.8, 4) is 0 Å². The van der Waals surface area contributed by atoms with E-state index in [0.717, 1.165) is 18.3 Å². The van der Waals surface area contributed by atoms with Gasteiger partial charge in [0.15, 0.2) is 6.71 Å². The van der Waals surface area contributed by atoms with Crippen molar-refractivity contribution in [2.24, 2.45) is 0 Å². The molecule has 0 aromatic heterocycles. The van der Waals surface area contributed by atoms with E-state index in [1.807, 2.05) is 0 Å². The molecule has 0 N–H and O–H groups in total. The van der Waals surface area contributed by atoms with Crippen LogP contribution in [0.25, 0.3) is 0 Å². The van der Waals surface area contributed by atoms with Gasteiger partial charge in [0.25, 0.3) is 0 Å². The van der Waals surface area contributed by atoms with E-state index in [1.165, 1.54) is 74.8 Å². The largest absolute Gasteiger partial charge is 0.183 e. The number of benzene rings is 3. The zero-order valence-corrected chi connectivity index (χ0v) is 20.8. The van der Waals surface area contributed by atoms with Gasteiger partial charge in [-0.25, -0.2) is 0 Å². The van der Waals surface area contributed by atoms with Gasteiger partial charge in [0.2, 0.25) is 0 Å². The Hall–Kier alpha value is -1.78. The summed E-state index contributed by atoms with van der Waals surface area (Å²) in [6.45, 7) is 0.740. The van der Waals surface area contributed by atoms with Crippen LogP contribution in [-0.2, 0) is 0 Å². The quantitative estimate of drug-likeness (QED) is 0.301. The molecule has 2 fully saturated rings. The highest BCUT2D eigenvalue weighted by atomic mass is 31.1. The minimum atomic E-state index is -0.541. The maximum absolute atomic E-state index is 2.52. The third-order valence-corrected chi connectivity index (χ3v) is 10.4. The molecule has 0 aliphatic heterocycles. The SMILES string of the molecule is [B].c1ccc(P(c2ccccc2)c2ccccc2B(C2CCCCC2)C2CCCCC2)cc1. The molecule has 0 heterocycles. The fraction of sp³-hybridized carbons (Fsp3) is 0.400. The Labute approximate surface area is 205 Å². The van der Waals surface area contributed by atoms with Crippen LogP contribution in [0.5, 0.6) is 0 Å². The van der Waals surface area contributed by atoms with Gasteiger partial charge in [0.1, 0.15) is 0 Å². The van der Waals surface area contributed by atoms with E-state index in [-0.39, 0.29) is 8.41 Å². The predicted molar refractivity (Wildman–Crippen MR) is 150 cm³/mol. The van der Waals surface area contributed by atoms with Crippen molar-refractivity contribution in [1.82, 2.24) is 0 Å². The standard InChI is InChI=1S/C30H36BP.B/c1-5-15-25(16-6-1)31(26-17-7-2-8-18-26)29-23-13-14-24-30(29)32(27-19-9-3-10-20-27)28-21-11-4-12-22-28;/h3-4,9-14,19-26H,1-2,5-8,15-18H2;. The summed E-state index contributed by atoms with van der Waals surface area (Å²) in [5.41, 5.74) is 1.69. The first-order chi connectivity index (χ1) is 15.9. The third-order valence-electron chi connectivity index (χ3n) is 7.88. The molecule has 2 aliphatic rings. The fourth-order valence-electron chi connectivity index (χ4n) is 6.43. The molecule has 3 radical (unpaired) electrons. The first-order valence-electron chi connectivity index (χ1n) is 12.9. The minimum absolute atomic E-state index is 0. The Morgan fingerprint density at radius 3 is 1.42 bits per heavy atom. The van der Waals surface area contributed by atoms with Crippen LogP contribution in [0.15, 0.2) is 84.9 Å². The molecule has 167 valence electrons. The Kier molecular flexibility index (Phi) is 8.91. The summed E-state index contributed by atoms with van der Waals surface area (Å²) >= 11 is 0. The Morgan fingerprint density at radius 2 is 0.939 bits per heavy atom. The summed E-state index contributed by atoms with van der Waals surface area (Å²) in [6.07, 6.45) is 14.4. The molecule has 0 saturated heterocycles. The lowest BCUT2D eigenvalue weighted by Gasteiger charge is -2.37. The van der Waals surface area contributed by atoms with Crippen molar-refractivity contribution >= 4 is 44.4 Å². The molecule has 0 unspecified atom stereocenters. The van der Waals surface area contributed by atoms with Crippen molar-refractivity contribution in [2.75, 3.05) is 0 Å². The summed E-state index contributed by atoms with van der Waals surface area (Å²) in [4.78, 5) is 0. The molecular formula is C30H36B2P. The summed E-state index contributed by atoms with van der Waals surface area (Å²) in [5, 5.41) is 4.57. The lowest BCUT2D eigenvalue weighted by atomic mass is 9.27. The first kappa shape index (κ1) is 24.3. The van der Waals surface area contributed by atoms with E-state index in [9.17, 15) is 0 Å². The molecule has 33 heavy (non-hydrogen) atoms. The van der Waals surface area contributed by atoms with Gasteiger partial charge in [-0.3, -0.25) is 0 Å². The van der Waals surface area contributed by atoms with Crippen LogP contribution in [0.4, 0.5) is 0 Å². The second-order valence-corrected chi connectivity index (χ2v) is 12.1. The molecule has 0 nitrogen and oxygen atoms in total. The smallest absolute Gasteiger partial charge is 0.0713 e. The van der Waals surface area contributed by atoms with Gasteiger partial charge >= 0.3 is 0 Å². The summed E-state index contributed by atoms with van der Waals surface area (Å²) < 4.78 is 0. The molecule has 0 atom stereocenters. The topological polar surface area (TPSA) is 0 Å². The fourth-order valence-corrected chi connectivity index (χ4v) is 8.95. The normalized spacial score (nSPS) is 17.5. The second-order valence-electron chi connectivity index (χ2n) is 9.89. The zero-order chi connectivity index (χ0) is 21.6. The monoisotopic (exact) mass is 449 g/mol. The van der Waals surface area contributed by atoms with Crippen LogP contribution in [0.3, 0.4) is 0 Å². The van der Waals surface area contributed by atoms with Gasteiger partial charge in [-0.2, -0.15) is 0 Å². The van der Waals surface area contributed by atoms with E-state index >= 15 is 0 Å². The van der Waals surface area contributed by atoms with Crippen molar-refractivity contribution in [3.63, 3.8) is 0 Å². The molecule has 0 spiro atoms. The van der Waals surface area contributed by atoms with Gasteiger partial charge in [-0.15, -0.1) is 0 Å². The van der Waals surface area contributed by atoms with Crippen molar-refractivity contribution in [2.45, 2.75) is 75.8 Å². The van der Waals surface area contributed by atoms with Crippen LogP contribution in [-0.4, -0.2) is 15.1 Å². The van der Waals surface area contributed by atoms with Gasteiger partial charge in [-0.1, -0.05) is 166 Å². The predicted octanol–water partition coefficient (Wildman–Crippen LogP) is 6.43. The molecule has 5 rings (SSSR count). The summed E-state index contributed by atoms with van der Waals surface area (Å²) in [7, 11) is -0.541. The van der Waals surface area contributed by atoms with E-state index in [0.29, 0.717) is 0 Å². The Bertz CT molecular complexity index is 905. The third kappa shape index (κ3) is 5.66. The second kappa shape index (κ2) is 12.1. The van der Waals surface area contributed by atoms with Crippen LogP contribution in [0, 0.1) is 0 Å². The van der Waals surface area contributed by atoms with Crippen LogP contribution in [0.1, 0.15) is 64.2 Å². The molecule has 3 aromatic carbocycles. The highest BCUT2D eigenvalue weighted by molar-refractivity contribution is 7.80. The molecular weight excluding hydrogens is 413 g/mol. The molecule has 3 aromatic rings. The molecule has 3 heteroatoms. The van der Waals surface area contributed by atoms with Crippen LogP contribution in [0.2, 0.25) is 11.6 Å². The van der Waals surface area contributed by atoms with Gasteiger partial charge in [0, 0.05) is 8.41 Å². The maximum atomic E-state index is 2.52. The maximum Gasteiger partial charge on any atom is 0.183 e. The average Bonchev–Trinajstić information content (AvgIpc) is 2.88. The van der Waals surface area contributed by atoms with E-state index < -0.39 is 7.92 Å². The zero-order valence-electron chi connectivity index (χ0n) is 19.9. The minimum Gasteiger partial charge on any atom is -0.0713 e. The van der Waals surface area contributed by atoms with Gasteiger partial charge < -0.3 is 0 Å². The molecule has 0 bridgehead atoms. The van der Waals surface area contributed by atoms with Crippen LogP contribution < -0.4 is 21.4 Å². The summed E-state index contributed by atoms with van der Waals surface area (Å²) in [6, 6.07) is 32.2. The van der Waals surface area contributed by atoms with Crippen molar-refractivity contribution < 1.29 is 0 Å². The lowest BCUT2D eigenvalue weighted by Crippen LogP contribution is -2.48. The van der Waals surface area contributed by atoms with Crippen molar-refractivity contribution in [3.05, 3.63) is 84.9 Å². The summed E-state index contributed by atoms with van der Waals surface area (Å²) in [5.74, 6) is 1.74. The van der Waals surface area contributed by atoms with E-state index in [2.05, 4.69) is 84.9 Å². The van der Waals surface area contributed by atoms with Gasteiger partial charge in [-0.05, 0) is 23.8 Å². The van der Waals surface area contributed by atoms with Crippen molar-refractivity contribution in [1.29, 1.82) is 0 Å². The lowest BCUT2D eigenvalue weighted by molar-refractivity contribution is 0.465. The Balaban J connectivity index is 0.00000259. The number of rotatable bonds is 6. The molecule has 2 aliphatic carbocycles. The van der Waals surface area contributed by atoms with E-state index in [4.69, 9.17) is 0 Å². The van der Waals surface area contributed by atoms with Crippen LogP contribution >= 0.6 is 7.92 Å². The highest BCUT2D eigenvalue weighted by Gasteiger charge is 2.38.